The molecule has 0 unspecified atom stereocenters. The first kappa shape index (κ1) is 12.9. The van der Waals surface area contributed by atoms with Crippen molar-refractivity contribution < 1.29 is 13.7 Å². The van der Waals surface area contributed by atoms with Crippen LogP contribution in [0.5, 0.6) is 0 Å². The van der Waals surface area contributed by atoms with Crippen LogP contribution in [0.25, 0.3) is 0 Å². The van der Waals surface area contributed by atoms with E-state index in [0.717, 1.165) is 38.5 Å². The summed E-state index contributed by atoms with van der Waals surface area (Å²) in [6, 6.07) is 5.60. The molecule has 106 valence electrons. The maximum Gasteiger partial charge on any atom is 0.228 e. The molecular weight excluding hydrogens is 258 g/mol. The summed E-state index contributed by atoms with van der Waals surface area (Å²) in [6.45, 7) is 4.03. The van der Waals surface area contributed by atoms with E-state index >= 15 is 0 Å². The van der Waals surface area contributed by atoms with Crippen molar-refractivity contribution in [1.82, 2.24) is 15.0 Å². The molecule has 0 aliphatic carbocycles. The number of hydrogen-bond donors (Lipinski definition) is 0. The van der Waals surface area contributed by atoms with Gasteiger partial charge in [-0.2, -0.15) is 0 Å². The maximum absolute atomic E-state index is 12.1. The topological polar surface area (TPSA) is 62.7 Å². The summed E-state index contributed by atoms with van der Waals surface area (Å²) in [5, 5.41) is 3.77. The van der Waals surface area contributed by atoms with Gasteiger partial charge < -0.3 is 13.8 Å². The van der Waals surface area contributed by atoms with Crippen molar-refractivity contribution in [3.63, 3.8) is 0 Å². The van der Waals surface area contributed by atoms with Crippen molar-refractivity contribution in [2.45, 2.75) is 13.0 Å². The maximum atomic E-state index is 12.1. The predicted octanol–water partition coefficient (Wildman–Crippen LogP) is 1.15. The van der Waals surface area contributed by atoms with Crippen LogP contribution < -0.4 is 0 Å². The van der Waals surface area contributed by atoms with Gasteiger partial charge in [-0.15, -0.1) is 0 Å². The lowest BCUT2D eigenvalue weighted by atomic mass is 10.2. The van der Waals surface area contributed by atoms with Gasteiger partial charge in [0.05, 0.1) is 24.9 Å². The van der Waals surface area contributed by atoms with E-state index in [1.165, 1.54) is 6.26 Å². The van der Waals surface area contributed by atoms with Gasteiger partial charge in [0.1, 0.15) is 12.0 Å². The molecule has 1 saturated heterocycles. The molecule has 2 aromatic heterocycles. The van der Waals surface area contributed by atoms with Gasteiger partial charge in [-0.25, -0.2) is 0 Å². The largest absolute Gasteiger partial charge is 0.468 e. The molecule has 0 radical (unpaired) electrons. The van der Waals surface area contributed by atoms with Crippen molar-refractivity contribution >= 4 is 5.91 Å². The Kier molecular flexibility index (Phi) is 3.83. The number of carbonyl (C=O) groups excluding carboxylic acids is 1. The van der Waals surface area contributed by atoms with E-state index in [1.807, 2.05) is 17.0 Å². The van der Waals surface area contributed by atoms with Crippen LogP contribution in [-0.2, 0) is 17.8 Å². The van der Waals surface area contributed by atoms with Gasteiger partial charge >= 0.3 is 0 Å². The smallest absolute Gasteiger partial charge is 0.228 e. The lowest BCUT2D eigenvalue weighted by Gasteiger charge is -2.34. The molecule has 3 rings (SSSR count). The van der Waals surface area contributed by atoms with E-state index in [0.29, 0.717) is 12.1 Å². The highest BCUT2D eigenvalue weighted by Crippen LogP contribution is 2.10. The average Bonchev–Trinajstić information content (AvgIpc) is 3.13. The van der Waals surface area contributed by atoms with Crippen LogP contribution in [0.3, 0.4) is 0 Å². The molecule has 3 heterocycles. The summed E-state index contributed by atoms with van der Waals surface area (Å²) < 4.78 is 10.1. The molecule has 1 aliphatic rings. The van der Waals surface area contributed by atoms with Crippen LogP contribution in [0.2, 0.25) is 0 Å². The molecule has 0 saturated carbocycles. The second-order valence-electron chi connectivity index (χ2n) is 4.90. The van der Waals surface area contributed by atoms with Gasteiger partial charge in [0.2, 0.25) is 5.91 Å². The van der Waals surface area contributed by atoms with E-state index < -0.39 is 0 Å². The minimum atomic E-state index is 0.108. The number of aromatic nitrogens is 1. The molecule has 0 aromatic carbocycles. The van der Waals surface area contributed by atoms with Gasteiger partial charge in [0.25, 0.3) is 0 Å². The number of furan rings is 1. The monoisotopic (exact) mass is 275 g/mol. The third-order valence-electron chi connectivity index (χ3n) is 3.51. The second-order valence-corrected chi connectivity index (χ2v) is 4.90. The molecule has 2 aromatic rings. The molecule has 6 nitrogen and oxygen atoms in total. The third-order valence-corrected chi connectivity index (χ3v) is 3.51. The number of nitrogens with zero attached hydrogens (tertiary/aromatic N) is 3. The molecule has 1 fully saturated rings. The normalized spacial score (nSPS) is 16.5. The van der Waals surface area contributed by atoms with Gasteiger partial charge in [-0.1, -0.05) is 5.16 Å². The summed E-state index contributed by atoms with van der Waals surface area (Å²) in [5.74, 6) is 1.07. The zero-order chi connectivity index (χ0) is 13.8. The van der Waals surface area contributed by atoms with Crippen molar-refractivity contribution in [3.8, 4) is 0 Å². The molecule has 0 N–H and O–H groups in total. The molecule has 0 atom stereocenters. The Balaban J connectivity index is 1.47. The fraction of sp³-hybridized carbons (Fsp3) is 0.429. The number of rotatable bonds is 4. The molecule has 0 bridgehead atoms. The minimum Gasteiger partial charge on any atom is -0.468 e. The SMILES string of the molecule is O=C(Cc1ccon1)N1CCN(Cc2ccco2)CC1. The zero-order valence-corrected chi connectivity index (χ0v) is 11.2. The first-order valence-corrected chi connectivity index (χ1v) is 6.73. The predicted molar refractivity (Wildman–Crippen MR) is 70.8 cm³/mol. The Bertz CT molecular complexity index is 528. The Labute approximate surface area is 116 Å². The Morgan fingerprint density at radius 3 is 2.70 bits per heavy atom. The van der Waals surface area contributed by atoms with Crippen LogP contribution in [0.15, 0.2) is 39.7 Å². The van der Waals surface area contributed by atoms with E-state index in [-0.39, 0.29) is 5.91 Å². The van der Waals surface area contributed by atoms with Gasteiger partial charge in [0, 0.05) is 32.2 Å². The van der Waals surface area contributed by atoms with Crippen molar-refractivity contribution in [2.24, 2.45) is 0 Å². The van der Waals surface area contributed by atoms with Crippen molar-refractivity contribution in [2.75, 3.05) is 26.2 Å². The molecule has 1 aliphatic heterocycles. The Morgan fingerprint density at radius 2 is 2.05 bits per heavy atom. The Hall–Kier alpha value is -2.08. The van der Waals surface area contributed by atoms with Crippen LogP contribution in [0.1, 0.15) is 11.5 Å². The highest BCUT2D eigenvalue weighted by Gasteiger charge is 2.22. The van der Waals surface area contributed by atoms with Crippen LogP contribution in [0.4, 0.5) is 0 Å². The average molecular weight is 275 g/mol. The summed E-state index contributed by atoms with van der Waals surface area (Å²) in [7, 11) is 0. The molecule has 6 heteroatoms. The number of hydrogen-bond acceptors (Lipinski definition) is 5. The highest BCUT2D eigenvalue weighted by molar-refractivity contribution is 5.78. The van der Waals surface area contributed by atoms with Gasteiger partial charge in [-0.05, 0) is 12.1 Å². The molecule has 1 amide bonds. The van der Waals surface area contributed by atoms with Crippen LogP contribution in [-0.4, -0.2) is 47.0 Å². The third kappa shape index (κ3) is 3.08. The van der Waals surface area contributed by atoms with Crippen LogP contribution >= 0.6 is 0 Å². The molecule has 0 spiro atoms. The van der Waals surface area contributed by atoms with Gasteiger partial charge in [-0.3, -0.25) is 9.69 Å². The van der Waals surface area contributed by atoms with Crippen molar-refractivity contribution in [3.05, 3.63) is 42.2 Å². The number of piperazine rings is 1. The van der Waals surface area contributed by atoms with E-state index in [4.69, 9.17) is 8.94 Å². The minimum absolute atomic E-state index is 0.108. The molecular formula is C14H17N3O3. The lowest BCUT2D eigenvalue weighted by Crippen LogP contribution is -2.48. The molecule has 20 heavy (non-hydrogen) atoms. The van der Waals surface area contributed by atoms with Crippen molar-refractivity contribution in [1.29, 1.82) is 0 Å². The van der Waals surface area contributed by atoms with E-state index in [2.05, 4.69) is 10.1 Å². The lowest BCUT2D eigenvalue weighted by molar-refractivity contribution is -0.132. The summed E-state index contributed by atoms with van der Waals surface area (Å²) in [4.78, 5) is 16.3. The summed E-state index contributed by atoms with van der Waals surface area (Å²) >= 11 is 0. The fourth-order valence-corrected chi connectivity index (χ4v) is 2.37. The highest BCUT2D eigenvalue weighted by atomic mass is 16.5. The van der Waals surface area contributed by atoms with Gasteiger partial charge in [0.15, 0.2) is 0 Å². The summed E-state index contributed by atoms with van der Waals surface area (Å²) in [6.07, 6.45) is 3.49. The van der Waals surface area contributed by atoms with E-state index in [9.17, 15) is 4.79 Å². The Morgan fingerprint density at radius 1 is 1.20 bits per heavy atom. The standard InChI is InChI=1S/C14H17N3O3/c18-14(10-12-3-9-20-15-12)17-6-4-16(5-7-17)11-13-2-1-8-19-13/h1-3,8-9H,4-7,10-11H2. The number of carbonyl (C=O) groups is 1. The first-order valence-electron chi connectivity index (χ1n) is 6.73. The fourth-order valence-electron chi connectivity index (χ4n) is 2.37. The zero-order valence-electron chi connectivity index (χ0n) is 11.2. The number of amides is 1. The summed E-state index contributed by atoms with van der Waals surface area (Å²) in [5.41, 5.74) is 0.688. The van der Waals surface area contributed by atoms with E-state index in [1.54, 1.807) is 12.3 Å². The quantitative estimate of drug-likeness (QED) is 0.837. The second kappa shape index (κ2) is 5.92. The first-order chi connectivity index (χ1) is 9.81. The van der Waals surface area contributed by atoms with Crippen LogP contribution in [0, 0.1) is 0 Å².